The summed E-state index contributed by atoms with van der Waals surface area (Å²) in [4.78, 5) is 12.1. The van der Waals surface area contributed by atoms with E-state index in [1.807, 2.05) is 31.2 Å². The lowest BCUT2D eigenvalue weighted by molar-refractivity contribution is 0.0526. The molecule has 0 saturated carbocycles. The number of aromatic amines is 1. The Bertz CT molecular complexity index is 588. The van der Waals surface area contributed by atoms with Gasteiger partial charge in [-0.25, -0.2) is 4.79 Å². The molecule has 0 aliphatic carbocycles. The first-order valence-electron chi connectivity index (χ1n) is 6.60. The molecule has 2 rings (SSSR count). The number of hydrogen-bond donors (Lipinski definition) is 1. The molecule has 0 fully saturated rings. The van der Waals surface area contributed by atoms with Crippen LogP contribution in [-0.2, 0) is 11.2 Å². The Morgan fingerprint density at radius 1 is 1.25 bits per heavy atom. The molecular formula is C15H18N2O3. The van der Waals surface area contributed by atoms with Gasteiger partial charge in [-0.2, -0.15) is 5.10 Å². The molecule has 0 radical (unpaired) electrons. The van der Waals surface area contributed by atoms with Crippen LogP contribution >= 0.6 is 0 Å². The number of esters is 1. The second-order valence-corrected chi connectivity index (χ2v) is 4.23. The van der Waals surface area contributed by atoms with E-state index in [0.717, 1.165) is 17.0 Å². The van der Waals surface area contributed by atoms with E-state index in [1.54, 1.807) is 14.0 Å². The molecule has 1 N–H and O–H groups in total. The van der Waals surface area contributed by atoms with Crippen LogP contribution in [0, 0.1) is 0 Å². The molecule has 5 nitrogen and oxygen atoms in total. The normalized spacial score (nSPS) is 10.3. The van der Waals surface area contributed by atoms with E-state index in [9.17, 15) is 4.79 Å². The number of rotatable bonds is 5. The van der Waals surface area contributed by atoms with Gasteiger partial charge < -0.3 is 9.47 Å². The third kappa shape index (κ3) is 2.66. The fraction of sp³-hybridized carbons (Fsp3) is 0.333. The molecule has 0 spiro atoms. The molecular weight excluding hydrogens is 256 g/mol. The van der Waals surface area contributed by atoms with Crippen LogP contribution in [0.3, 0.4) is 0 Å². The van der Waals surface area contributed by atoms with Crippen LogP contribution in [0.25, 0.3) is 11.3 Å². The van der Waals surface area contributed by atoms with Gasteiger partial charge in [-0.1, -0.05) is 6.92 Å². The first-order chi connectivity index (χ1) is 9.71. The number of carbonyl (C=O) groups is 1. The van der Waals surface area contributed by atoms with Gasteiger partial charge in [0.15, 0.2) is 0 Å². The minimum absolute atomic E-state index is 0.342. The van der Waals surface area contributed by atoms with E-state index in [4.69, 9.17) is 9.47 Å². The summed E-state index contributed by atoms with van der Waals surface area (Å²) in [5, 5.41) is 7.16. The molecule has 0 saturated heterocycles. The summed E-state index contributed by atoms with van der Waals surface area (Å²) in [5.74, 6) is 0.418. The van der Waals surface area contributed by atoms with Gasteiger partial charge in [-0.3, -0.25) is 5.10 Å². The van der Waals surface area contributed by atoms with Crippen LogP contribution in [-0.4, -0.2) is 29.9 Å². The second-order valence-electron chi connectivity index (χ2n) is 4.23. The van der Waals surface area contributed by atoms with E-state index in [2.05, 4.69) is 10.2 Å². The van der Waals surface area contributed by atoms with Crippen molar-refractivity contribution in [3.8, 4) is 17.0 Å². The molecule has 1 aromatic heterocycles. The minimum Gasteiger partial charge on any atom is -0.497 e. The Balaban J connectivity index is 2.44. The number of aryl methyl sites for hydroxylation is 1. The fourth-order valence-electron chi connectivity index (χ4n) is 2.01. The third-order valence-electron chi connectivity index (χ3n) is 3.04. The number of benzene rings is 1. The number of aromatic nitrogens is 2. The van der Waals surface area contributed by atoms with Crippen molar-refractivity contribution < 1.29 is 14.3 Å². The molecule has 106 valence electrons. The average Bonchev–Trinajstić information content (AvgIpc) is 2.91. The number of hydrogen-bond acceptors (Lipinski definition) is 4. The summed E-state index contributed by atoms with van der Waals surface area (Å²) in [7, 11) is 1.61. The van der Waals surface area contributed by atoms with E-state index in [1.165, 1.54) is 0 Å². The maximum absolute atomic E-state index is 12.1. The van der Waals surface area contributed by atoms with Crippen molar-refractivity contribution in [2.75, 3.05) is 13.7 Å². The van der Waals surface area contributed by atoms with Gasteiger partial charge in [0, 0.05) is 5.56 Å². The number of nitrogens with zero attached hydrogens (tertiary/aromatic N) is 1. The summed E-state index contributed by atoms with van der Waals surface area (Å²) in [6.45, 7) is 4.10. The summed E-state index contributed by atoms with van der Waals surface area (Å²) in [6, 6.07) is 7.42. The average molecular weight is 274 g/mol. The Morgan fingerprint density at radius 3 is 2.50 bits per heavy atom. The standard InChI is InChI=1S/C15H18N2O3/c1-4-12-13(15(18)20-5-2)14(17-16-12)10-6-8-11(19-3)9-7-10/h6-9H,4-5H2,1-3H3,(H,16,17). The highest BCUT2D eigenvalue weighted by molar-refractivity contribution is 5.97. The third-order valence-corrected chi connectivity index (χ3v) is 3.04. The second kappa shape index (κ2) is 6.23. The van der Waals surface area contributed by atoms with Crippen LogP contribution in [0.2, 0.25) is 0 Å². The van der Waals surface area contributed by atoms with Crippen molar-refractivity contribution in [3.63, 3.8) is 0 Å². The number of ether oxygens (including phenoxy) is 2. The Kier molecular flexibility index (Phi) is 4.40. The van der Waals surface area contributed by atoms with Crippen molar-refractivity contribution in [1.29, 1.82) is 0 Å². The number of methoxy groups -OCH3 is 1. The Hall–Kier alpha value is -2.30. The molecule has 0 unspecified atom stereocenters. The van der Waals surface area contributed by atoms with E-state index >= 15 is 0 Å². The Labute approximate surface area is 117 Å². The van der Waals surface area contributed by atoms with Crippen molar-refractivity contribution in [1.82, 2.24) is 10.2 Å². The predicted molar refractivity (Wildman–Crippen MR) is 75.9 cm³/mol. The van der Waals surface area contributed by atoms with Gasteiger partial charge in [0.1, 0.15) is 17.0 Å². The van der Waals surface area contributed by atoms with Crippen molar-refractivity contribution in [2.24, 2.45) is 0 Å². The van der Waals surface area contributed by atoms with Crippen molar-refractivity contribution in [2.45, 2.75) is 20.3 Å². The first-order valence-corrected chi connectivity index (χ1v) is 6.60. The lowest BCUT2D eigenvalue weighted by Gasteiger charge is -2.05. The molecule has 1 aromatic carbocycles. The lowest BCUT2D eigenvalue weighted by atomic mass is 10.0. The molecule has 0 aliphatic rings. The highest BCUT2D eigenvalue weighted by Crippen LogP contribution is 2.26. The maximum atomic E-state index is 12.1. The van der Waals surface area contributed by atoms with Gasteiger partial charge in [0.2, 0.25) is 0 Å². The smallest absolute Gasteiger partial charge is 0.342 e. The topological polar surface area (TPSA) is 64.2 Å². The predicted octanol–water partition coefficient (Wildman–Crippen LogP) is 2.82. The van der Waals surface area contributed by atoms with Crippen LogP contribution < -0.4 is 4.74 Å². The molecule has 0 atom stereocenters. The van der Waals surface area contributed by atoms with E-state index in [0.29, 0.717) is 24.3 Å². The quantitative estimate of drug-likeness (QED) is 0.851. The van der Waals surface area contributed by atoms with E-state index < -0.39 is 0 Å². The SMILES string of the molecule is CCOC(=O)c1c(-c2ccc(OC)cc2)n[nH]c1CC. The van der Waals surface area contributed by atoms with Crippen molar-refractivity contribution in [3.05, 3.63) is 35.5 Å². The fourth-order valence-corrected chi connectivity index (χ4v) is 2.01. The number of H-pyrrole nitrogens is 1. The summed E-state index contributed by atoms with van der Waals surface area (Å²) < 4.78 is 10.2. The number of nitrogens with one attached hydrogen (secondary N) is 1. The highest BCUT2D eigenvalue weighted by atomic mass is 16.5. The highest BCUT2D eigenvalue weighted by Gasteiger charge is 2.21. The van der Waals surface area contributed by atoms with Crippen LogP contribution in [0.1, 0.15) is 29.9 Å². The molecule has 0 amide bonds. The molecule has 0 aliphatic heterocycles. The monoisotopic (exact) mass is 274 g/mol. The summed E-state index contributed by atoms with van der Waals surface area (Å²) >= 11 is 0. The largest absolute Gasteiger partial charge is 0.497 e. The van der Waals surface area contributed by atoms with Gasteiger partial charge in [-0.05, 0) is 37.6 Å². The van der Waals surface area contributed by atoms with Crippen LogP contribution in [0.15, 0.2) is 24.3 Å². The molecule has 1 heterocycles. The van der Waals surface area contributed by atoms with Crippen LogP contribution in [0.5, 0.6) is 5.75 Å². The van der Waals surface area contributed by atoms with Gasteiger partial charge >= 0.3 is 5.97 Å². The van der Waals surface area contributed by atoms with E-state index in [-0.39, 0.29) is 5.97 Å². The summed E-state index contributed by atoms with van der Waals surface area (Å²) in [5.41, 5.74) is 2.77. The van der Waals surface area contributed by atoms with Gasteiger partial charge in [-0.15, -0.1) is 0 Å². The molecule has 20 heavy (non-hydrogen) atoms. The molecule has 5 heteroatoms. The zero-order chi connectivity index (χ0) is 14.5. The zero-order valence-corrected chi connectivity index (χ0v) is 11.9. The van der Waals surface area contributed by atoms with Crippen LogP contribution in [0.4, 0.5) is 0 Å². The maximum Gasteiger partial charge on any atom is 0.342 e. The molecule has 2 aromatic rings. The summed E-state index contributed by atoms with van der Waals surface area (Å²) in [6.07, 6.45) is 0.692. The Morgan fingerprint density at radius 2 is 1.95 bits per heavy atom. The van der Waals surface area contributed by atoms with Crippen molar-refractivity contribution >= 4 is 5.97 Å². The first kappa shape index (κ1) is 14.1. The molecule has 0 bridgehead atoms. The van der Waals surface area contributed by atoms with Gasteiger partial charge in [0.05, 0.1) is 19.4 Å². The number of carbonyl (C=O) groups excluding carboxylic acids is 1. The zero-order valence-electron chi connectivity index (χ0n) is 11.9. The van der Waals surface area contributed by atoms with Gasteiger partial charge in [0.25, 0.3) is 0 Å². The minimum atomic E-state index is -0.344. The lowest BCUT2D eigenvalue weighted by Crippen LogP contribution is -2.07.